The Hall–Kier alpha value is -1.03. The van der Waals surface area contributed by atoms with Crippen molar-refractivity contribution in [1.29, 1.82) is 0 Å². The van der Waals surface area contributed by atoms with Gasteiger partial charge in [-0.25, -0.2) is 4.98 Å². The van der Waals surface area contributed by atoms with Gasteiger partial charge in [-0.05, 0) is 26.4 Å². The highest BCUT2D eigenvalue weighted by atomic mass is 15.2. The van der Waals surface area contributed by atoms with Crippen molar-refractivity contribution in [3.63, 3.8) is 0 Å². The molecule has 0 aliphatic heterocycles. The number of likely N-dealkylation sites (N-methyl/N-ethyl adjacent to an activating group) is 1. The van der Waals surface area contributed by atoms with Crippen LogP contribution in [-0.2, 0) is 6.54 Å². The highest BCUT2D eigenvalue weighted by Crippen LogP contribution is 2.08. The van der Waals surface area contributed by atoms with E-state index in [1.807, 2.05) is 6.92 Å². The van der Waals surface area contributed by atoms with Crippen molar-refractivity contribution in [3.05, 3.63) is 11.9 Å². The predicted molar refractivity (Wildman–Crippen MR) is 73.5 cm³/mol. The third-order valence-corrected chi connectivity index (χ3v) is 2.98. The molecule has 0 aliphatic rings. The largest absolute Gasteiger partial charge is 0.356 e. The summed E-state index contributed by atoms with van der Waals surface area (Å²) in [7, 11) is 0. The van der Waals surface area contributed by atoms with Gasteiger partial charge in [-0.1, -0.05) is 20.8 Å². The Morgan fingerprint density at radius 2 is 2.00 bits per heavy atom. The second-order valence-corrected chi connectivity index (χ2v) is 4.35. The molecule has 98 valence electrons. The van der Waals surface area contributed by atoms with Crippen LogP contribution < -0.4 is 5.32 Å². The minimum Gasteiger partial charge on any atom is -0.356 e. The number of imidazole rings is 1. The SMILES string of the molecule is CCCNc1nc(C)cn1CCN(CC)CC. The molecule has 17 heavy (non-hydrogen) atoms. The minimum atomic E-state index is 0.988. The van der Waals surface area contributed by atoms with Crippen molar-refractivity contribution >= 4 is 5.95 Å². The minimum absolute atomic E-state index is 0.988. The van der Waals surface area contributed by atoms with Crippen LogP contribution in [0.25, 0.3) is 0 Å². The molecule has 0 radical (unpaired) electrons. The molecule has 0 spiro atoms. The maximum atomic E-state index is 4.51. The number of anilines is 1. The monoisotopic (exact) mass is 238 g/mol. The van der Waals surface area contributed by atoms with Crippen LogP contribution in [-0.4, -0.2) is 40.6 Å². The van der Waals surface area contributed by atoms with Gasteiger partial charge in [0.15, 0.2) is 0 Å². The first-order chi connectivity index (χ1) is 8.21. The summed E-state index contributed by atoms with van der Waals surface area (Å²) in [6.07, 6.45) is 3.25. The van der Waals surface area contributed by atoms with Crippen molar-refractivity contribution in [2.24, 2.45) is 0 Å². The molecule has 1 N–H and O–H groups in total. The number of aryl methyl sites for hydroxylation is 1. The predicted octanol–water partition coefficient (Wildman–Crippen LogP) is 2.36. The van der Waals surface area contributed by atoms with Crippen molar-refractivity contribution in [3.8, 4) is 0 Å². The molecule has 0 unspecified atom stereocenters. The van der Waals surface area contributed by atoms with Crippen LogP contribution in [0.3, 0.4) is 0 Å². The molecule has 1 aromatic rings. The maximum Gasteiger partial charge on any atom is 0.203 e. The molecule has 4 heteroatoms. The van der Waals surface area contributed by atoms with Crippen LogP contribution in [0.2, 0.25) is 0 Å². The van der Waals surface area contributed by atoms with E-state index in [1.165, 1.54) is 0 Å². The van der Waals surface area contributed by atoms with Gasteiger partial charge in [-0.3, -0.25) is 0 Å². The Labute approximate surface area is 105 Å². The Morgan fingerprint density at radius 3 is 2.59 bits per heavy atom. The number of nitrogens with one attached hydrogen (secondary N) is 1. The van der Waals surface area contributed by atoms with Crippen molar-refractivity contribution in [2.45, 2.75) is 40.7 Å². The zero-order valence-corrected chi connectivity index (χ0v) is 11.7. The molecule has 0 aliphatic carbocycles. The average molecular weight is 238 g/mol. The van der Waals surface area contributed by atoms with E-state index in [9.17, 15) is 0 Å². The van der Waals surface area contributed by atoms with Gasteiger partial charge in [-0.2, -0.15) is 0 Å². The first-order valence-electron chi connectivity index (χ1n) is 6.71. The van der Waals surface area contributed by atoms with Crippen LogP contribution in [0.4, 0.5) is 5.95 Å². The Morgan fingerprint density at radius 1 is 1.29 bits per heavy atom. The quantitative estimate of drug-likeness (QED) is 0.754. The fourth-order valence-corrected chi connectivity index (χ4v) is 1.88. The summed E-state index contributed by atoms with van der Waals surface area (Å²) in [5, 5.41) is 3.38. The molecule has 1 rings (SSSR count). The zero-order chi connectivity index (χ0) is 12.7. The van der Waals surface area contributed by atoms with Gasteiger partial charge in [-0.15, -0.1) is 0 Å². The summed E-state index contributed by atoms with van der Waals surface area (Å²) in [4.78, 5) is 6.94. The maximum absolute atomic E-state index is 4.51. The van der Waals surface area contributed by atoms with Gasteiger partial charge < -0.3 is 14.8 Å². The van der Waals surface area contributed by atoms with Crippen LogP contribution in [0.1, 0.15) is 32.9 Å². The fraction of sp³-hybridized carbons (Fsp3) is 0.769. The highest BCUT2D eigenvalue weighted by Gasteiger charge is 2.06. The molecule has 0 fully saturated rings. The molecule has 1 aromatic heterocycles. The molecule has 0 bridgehead atoms. The lowest BCUT2D eigenvalue weighted by molar-refractivity contribution is 0.291. The lowest BCUT2D eigenvalue weighted by atomic mass is 10.4. The van der Waals surface area contributed by atoms with E-state index < -0.39 is 0 Å². The third-order valence-electron chi connectivity index (χ3n) is 2.98. The van der Waals surface area contributed by atoms with Gasteiger partial charge in [0.1, 0.15) is 0 Å². The van der Waals surface area contributed by atoms with Gasteiger partial charge >= 0.3 is 0 Å². The van der Waals surface area contributed by atoms with Crippen LogP contribution in [0.5, 0.6) is 0 Å². The molecule has 4 nitrogen and oxygen atoms in total. The van der Waals surface area contributed by atoms with Crippen molar-refractivity contribution in [1.82, 2.24) is 14.5 Å². The van der Waals surface area contributed by atoms with E-state index in [0.717, 1.165) is 50.8 Å². The third kappa shape index (κ3) is 4.38. The van der Waals surface area contributed by atoms with Crippen LogP contribution >= 0.6 is 0 Å². The molecular formula is C13H26N4. The second kappa shape index (κ2) is 7.33. The summed E-state index contributed by atoms with van der Waals surface area (Å²) < 4.78 is 2.23. The lowest BCUT2D eigenvalue weighted by Gasteiger charge is -2.18. The number of hydrogen-bond acceptors (Lipinski definition) is 3. The highest BCUT2D eigenvalue weighted by molar-refractivity contribution is 5.28. The summed E-state index contributed by atoms with van der Waals surface area (Å²) in [6.45, 7) is 13.9. The normalized spacial score (nSPS) is 11.1. The number of nitrogens with zero attached hydrogens (tertiary/aromatic N) is 3. The Kier molecular flexibility index (Phi) is 6.05. The lowest BCUT2D eigenvalue weighted by Crippen LogP contribution is -2.27. The van der Waals surface area contributed by atoms with Crippen LogP contribution in [0.15, 0.2) is 6.20 Å². The van der Waals surface area contributed by atoms with E-state index in [1.54, 1.807) is 0 Å². The molecular weight excluding hydrogens is 212 g/mol. The topological polar surface area (TPSA) is 33.1 Å². The number of hydrogen-bond donors (Lipinski definition) is 1. The summed E-state index contributed by atoms with van der Waals surface area (Å²) in [5.41, 5.74) is 1.09. The van der Waals surface area contributed by atoms with Gasteiger partial charge in [0.05, 0.1) is 5.69 Å². The fourth-order valence-electron chi connectivity index (χ4n) is 1.88. The van der Waals surface area contributed by atoms with Gasteiger partial charge in [0, 0.05) is 25.8 Å². The number of aromatic nitrogens is 2. The summed E-state index contributed by atoms with van der Waals surface area (Å²) in [6, 6.07) is 0. The van der Waals surface area contributed by atoms with E-state index in [2.05, 4.69) is 46.7 Å². The zero-order valence-electron chi connectivity index (χ0n) is 11.7. The van der Waals surface area contributed by atoms with Crippen LogP contribution in [0, 0.1) is 6.92 Å². The molecule has 0 amide bonds. The summed E-state index contributed by atoms with van der Waals surface area (Å²) >= 11 is 0. The Balaban J connectivity index is 2.56. The van der Waals surface area contributed by atoms with E-state index >= 15 is 0 Å². The molecule has 0 atom stereocenters. The van der Waals surface area contributed by atoms with E-state index in [0.29, 0.717) is 0 Å². The first kappa shape index (κ1) is 14.0. The Bertz CT molecular complexity index is 315. The molecule has 0 saturated carbocycles. The van der Waals surface area contributed by atoms with E-state index in [4.69, 9.17) is 0 Å². The molecule has 1 heterocycles. The smallest absolute Gasteiger partial charge is 0.203 e. The van der Waals surface area contributed by atoms with E-state index in [-0.39, 0.29) is 0 Å². The summed E-state index contributed by atoms with van der Waals surface area (Å²) in [5.74, 6) is 1.01. The molecule has 0 saturated heterocycles. The standard InChI is InChI=1S/C13H26N4/c1-5-8-14-13-15-12(4)11-17(13)10-9-16(6-2)7-3/h11H,5-10H2,1-4H3,(H,14,15). The van der Waals surface area contributed by atoms with Gasteiger partial charge in [0.25, 0.3) is 0 Å². The molecule has 0 aromatic carbocycles. The average Bonchev–Trinajstić information content (AvgIpc) is 2.68. The second-order valence-electron chi connectivity index (χ2n) is 4.35. The van der Waals surface area contributed by atoms with Crippen molar-refractivity contribution < 1.29 is 0 Å². The number of rotatable bonds is 8. The van der Waals surface area contributed by atoms with Crippen molar-refractivity contribution in [2.75, 3.05) is 31.5 Å². The van der Waals surface area contributed by atoms with Gasteiger partial charge in [0.2, 0.25) is 5.95 Å². The first-order valence-corrected chi connectivity index (χ1v) is 6.71.